The predicted octanol–water partition coefficient (Wildman–Crippen LogP) is 2.63. The summed E-state index contributed by atoms with van der Waals surface area (Å²) >= 11 is 0. The Bertz CT molecular complexity index is 1580. The number of benzene rings is 2. The van der Waals surface area contributed by atoms with Crippen LogP contribution in [0.15, 0.2) is 41.4 Å². The average Bonchev–Trinajstić information content (AvgIpc) is 3.38. The average molecular weight is 581 g/mol. The van der Waals surface area contributed by atoms with Crippen LogP contribution < -0.4 is 9.46 Å². The van der Waals surface area contributed by atoms with Gasteiger partial charge < -0.3 is 14.2 Å². The molecule has 1 aromatic heterocycles. The van der Waals surface area contributed by atoms with E-state index in [1.807, 2.05) is 13.8 Å². The molecule has 1 fully saturated rings. The Morgan fingerprint density at radius 1 is 1.12 bits per heavy atom. The van der Waals surface area contributed by atoms with Gasteiger partial charge in [-0.25, -0.2) is 9.40 Å². The molecule has 0 unspecified atom stereocenters. The second-order valence-electron chi connectivity index (χ2n) is 11.1. The summed E-state index contributed by atoms with van der Waals surface area (Å²) in [5.74, 6) is -0.219. The third-order valence-corrected chi connectivity index (χ3v) is 9.62. The van der Waals surface area contributed by atoms with Crippen LogP contribution in [0.3, 0.4) is 0 Å². The Hall–Kier alpha value is -3.25. The summed E-state index contributed by atoms with van der Waals surface area (Å²) in [4.78, 5) is 15.3. The van der Waals surface area contributed by atoms with Gasteiger partial charge >= 0.3 is 0 Å². The van der Waals surface area contributed by atoms with Gasteiger partial charge in [-0.1, -0.05) is 31.2 Å². The molecule has 2 aromatic carbocycles. The number of hydrogen-bond acceptors (Lipinski definition) is 8. The normalized spacial score (nSPS) is 19.1. The number of nitrogens with zero attached hydrogens (tertiary/aromatic N) is 3. The number of methoxy groups -OCH3 is 1. The van der Waals surface area contributed by atoms with Crippen LogP contribution in [0.2, 0.25) is 0 Å². The molecule has 1 amide bonds. The number of aromatic nitrogens is 2. The Morgan fingerprint density at radius 2 is 1.95 bits per heavy atom. The zero-order valence-corrected chi connectivity index (χ0v) is 24.5. The smallest absolute Gasteiger partial charge is 0.283 e. The summed E-state index contributed by atoms with van der Waals surface area (Å²) in [5, 5.41) is 4.04. The molecule has 3 aliphatic rings. The standard InChI is InChI=1S/C30H36N4O6S/c1-4-20-10-23(22-6-5-21-7-8-39-17-24(21)11-22)9-19(2)27(20)12-28(35)32-41(36,37)29-13-30-34(31-29)14-25(18-40-30)33-15-26(16-33)38-3/h5-6,9-11,13,25-26H,4,7-8,12,14-18H2,1-3H3,(H,32,35)/t25-/m1/s1. The van der Waals surface area contributed by atoms with Crippen LogP contribution in [0.4, 0.5) is 0 Å². The van der Waals surface area contributed by atoms with Crippen LogP contribution in [0.5, 0.6) is 5.88 Å². The topological polar surface area (TPSA) is 112 Å². The quantitative estimate of drug-likeness (QED) is 0.433. The van der Waals surface area contributed by atoms with Crippen LogP contribution in [-0.2, 0) is 56.7 Å². The number of ether oxygens (including phenoxy) is 3. The molecule has 3 aromatic rings. The maximum Gasteiger partial charge on any atom is 0.283 e. The maximum absolute atomic E-state index is 13.1. The highest BCUT2D eigenvalue weighted by Crippen LogP contribution is 2.30. The fourth-order valence-corrected chi connectivity index (χ4v) is 6.84. The van der Waals surface area contributed by atoms with Crippen molar-refractivity contribution in [3.05, 3.63) is 64.2 Å². The second-order valence-corrected chi connectivity index (χ2v) is 12.7. The molecule has 218 valence electrons. The summed E-state index contributed by atoms with van der Waals surface area (Å²) in [6, 6.07) is 12.1. The number of nitrogens with one attached hydrogen (secondary N) is 1. The fraction of sp³-hybridized carbons (Fsp3) is 0.467. The van der Waals surface area contributed by atoms with Crippen molar-refractivity contribution in [3.8, 4) is 17.0 Å². The zero-order chi connectivity index (χ0) is 28.7. The van der Waals surface area contributed by atoms with E-state index in [9.17, 15) is 13.2 Å². The summed E-state index contributed by atoms with van der Waals surface area (Å²) < 4.78 is 46.8. The SMILES string of the molecule is CCc1cc(-c2ccc3c(c2)COCC3)cc(C)c1CC(=O)NS(=O)(=O)c1cc2n(n1)C[C@@H](N1CC(OC)C1)CO2. The van der Waals surface area contributed by atoms with Crippen molar-refractivity contribution < 1.29 is 27.4 Å². The highest BCUT2D eigenvalue weighted by Gasteiger charge is 2.36. The van der Waals surface area contributed by atoms with Crippen molar-refractivity contribution in [2.24, 2.45) is 0 Å². The van der Waals surface area contributed by atoms with Crippen molar-refractivity contribution in [3.63, 3.8) is 0 Å². The van der Waals surface area contributed by atoms with Crippen LogP contribution in [0.25, 0.3) is 11.1 Å². The van der Waals surface area contributed by atoms with Crippen LogP contribution in [0, 0.1) is 6.92 Å². The first-order chi connectivity index (χ1) is 19.7. The molecular weight excluding hydrogens is 544 g/mol. The summed E-state index contributed by atoms with van der Waals surface area (Å²) in [6.07, 6.45) is 1.81. The maximum atomic E-state index is 13.1. The lowest BCUT2D eigenvalue weighted by Crippen LogP contribution is -2.59. The first-order valence-corrected chi connectivity index (χ1v) is 15.6. The number of sulfonamides is 1. The summed E-state index contributed by atoms with van der Waals surface area (Å²) in [5.41, 5.74) is 7.50. The highest BCUT2D eigenvalue weighted by molar-refractivity contribution is 7.90. The third-order valence-electron chi connectivity index (χ3n) is 8.37. The van der Waals surface area contributed by atoms with Gasteiger partial charge in [0.05, 0.1) is 38.3 Å². The number of fused-ring (bicyclic) bond motifs is 2. The number of aryl methyl sites for hydroxylation is 2. The van der Waals surface area contributed by atoms with Crippen molar-refractivity contribution >= 4 is 15.9 Å². The minimum absolute atomic E-state index is 0.0473. The van der Waals surface area contributed by atoms with Gasteiger partial charge in [0.2, 0.25) is 16.8 Å². The molecule has 10 nitrogen and oxygen atoms in total. The fourth-order valence-electron chi connectivity index (χ4n) is 5.90. The molecule has 0 aliphatic carbocycles. The molecule has 0 bridgehead atoms. The van der Waals surface area contributed by atoms with E-state index < -0.39 is 15.9 Å². The highest BCUT2D eigenvalue weighted by atomic mass is 32.2. The Morgan fingerprint density at radius 3 is 2.73 bits per heavy atom. The van der Waals surface area contributed by atoms with Crippen LogP contribution in [-0.4, -0.2) is 74.6 Å². The monoisotopic (exact) mass is 580 g/mol. The lowest BCUT2D eigenvalue weighted by Gasteiger charge is -2.44. The number of hydrogen-bond donors (Lipinski definition) is 1. The molecule has 0 spiro atoms. The van der Waals surface area contributed by atoms with Gasteiger partial charge in [0.1, 0.15) is 6.61 Å². The van der Waals surface area contributed by atoms with E-state index in [-0.39, 0.29) is 23.6 Å². The van der Waals surface area contributed by atoms with Gasteiger partial charge in [0, 0.05) is 26.3 Å². The Balaban J connectivity index is 1.15. The lowest BCUT2D eigenvalue weighted by atomic mass is 9.90. The van der Waals surface area contributed by atoms with Gasteiger partial charge in [0.25, 0.3) is 10.0 Å². The van der Waals surface area contributed by atoms with E-state index in [4.69, 9.17) is 14.2 Å². The first kappa shape index (κ1) is 27.9. The van der Waals surface area contributed by atoms with E-state index >= 15 is 0 Å². The minimum atomic E-state index is -4.17. The lowest BCUT2D eigenvalue weighted by molar-refractivity contribution is -0.118. The number of carbonyl (C=O) groups excluding carboxylic acids is 1. The van der Waals surface area contributed by atoms with Gasteiger partial charge in [-0.2, -0.15) is 13.5 Å². The molecule has 11 heteroatoms. The first-order valence-electron chi connectivity index (χ1n) is 14.1. The minimum Gasteiger partial charge on any atom is -0.476 e. The molecule has 0 radical (unpaired) electrons. The van der Waals surface area contributed by atoms with Gasteiger partial charge in [-0.15, -0.1) is 0 Å². The summed E-state index contributed by atoms with van der Waals surface area (Å²) in [6.45, 7) is 7.95. The van der Waals surface area contributed by atoms with Crippen molar-refractivity contribution in [2.45, 2.75) is 63.4 Å². The van der Waals surface area contributed by atoms with Crippen molar-refractivity contribution in [1.29, 1.82) is 0 Å². The largest absolute Gasteiger partial charge is 0.476 e. The Kier molecular flexibility index (Phi) is 7.62. The molecule has 1 saturated heterocycles. The van der Waals surface area contributed by atoms with Crippen molar-refractivity contribution in [1.82, 2.24) is 19.4 Å². The molecule has 1 N–H and O–H groups in total. The molecule has 3 aliphatic heterocycles. The van der Waals surface area contributed by atoms with E-state index in [0.29, 0.717) is 32.1 Å². The van der Waals surface area contributed by atoms with Gasteiger partial charge in [-0.3, -0.25) is 9.69 Å². The number of rotatable bonds is 8. The van der Waals surface area contributed by atoms with E-state index in [1.165, 1.54) is 17.2 Å². The molecule has 41 heavy (non-hydrogen) atoms. The van der Waals surface area contributed by atoms with Gasteiger partial charge in [-0.05, 0) is 64.8 Å². The molecular formula is C30H36N4O6S. The number of carbonyl (C=O) groups is 1. The van der Waals surface area contributed by atoms with Gasteiger partial charge in [0.15, 0.2) is 0 Å². The third kappa shape index (κ3) is 5.63. The Labute approximate surface area is 240 Å². The van der Waals surface area contributed by atoms with Crippen LogP contribution >= 0.6 is 0 Å². The molecule has 0 saturated carbocycles. The zero-order valence-electron chi connectivity index (χ0n) is 23.7. The number of likely N-dealkylation sites (tertiary alicyclic amines) is 1. The van der Waals surface area contributed by atoms with Crippen LogP contribution in [0.1, 0.15) is 34.7 Å². The molecule has 1 atom stereocenters. The summed E-state index contributed by atoms with van der Waals surface area (Å²) in [7, 11) is -2.47. The van der Waals surface area contributed by atoms with Crippen molar-refractivity contribution in [2.75, 3.05) is 33.4 Å². The van der Waals surface area contributed by atoms with E-state index in [0.717, 1.165) is 53.9 Å². The number of amides is 1. The van der Waals surface area contributed by atoms with E-state index in [1.54, 1.807) is 11.8 Å². The molecule has 6 rings (SSSR count). The predicted molar refractivity (Wildman–Crippen MR) is 152 cm³/mol. The second kappa shape index (κ2) is 11.2. The van der Waals surface area contributed by atoms with E-state index in [2.05, 4.69) is 45.1 Å². The molecule has 4 heterocycles.